The first kappa shape index (κ1) is 15.6. The molecule has 126 valence electrons. The van der Waals surface area contributed by atoms with Crippen LogP contribution >= 0.6 is 0 Å². The van der Waals surface area contributed by atoms with Crippen molar-refractivity contribution in [3.05, 3.63) is 48.0 Å². The number of carbonyl (C=O) groups excluding carboxylic acids is 1. The summed E-state index contributed by atoms with van der Waals surface area (Å²) in [4.78, 5) is 17.4. The van der Waals surface area contributed by atoms with Crippen molar-refractivity contribution in [3.63, 3.8) is 0 Å². The van der Waals surface area contributed by atoms with Crippen LogP contribution in [0.5, 0.6) is 0 Å². The van der Waals surface area contributed by atoms with Gasteiger partial charge in [0.25, 0.3) is 5.91 Å². The van der Waals surface area contributed by atoms with Gasteiger partial charge in [0.05, 0.1) is 6.10 Å². The number of likely N-dealkylation sites (tertiary alicyclic amines) is 2. The molecule has 2 heterocycles. The fourth-order valence-electron chi connectivity index (χ4n) is 3.91. The Morgan fingerprint density at radius 1 is 1.04 bits per heavy atom. The first-order valence-corrected chi connectivity index (χ1v) is 8.80. The van der Waals surface area contributed by atoms with E-state index in [1.807, 2.05) is 35.2 Å². The van der Waals surface area contributed by atoms with Gasteiger partial charge in [0, 0.05) is 44.9 Å². The molecule has 2 aromatic rings. The molecule has 0 radical (unpaired) electrons. The second-order valence-corrected chi connectivity index (χ2v) is 6.86. The van der Waals surface area contributed by atoms with Crippen LogP contribution in [0, 0.1) is 0 Å². The summed E-state index contributed by atoms with van der Waals surface area (Å²) in [5, 5.41) is 2.18. The average molecular weight is 324 g/mol. The highest BCUT2D eigenvalue weighted by atomic mass is 16.5. The lowest BCUT2D eigenvalue weighted by atomic mass is 9.98. The van der Waals surface area contributed by atoms with Crippen LogP contribution < -0.4 is 0 Å². The maximum atomic E-state index is 12.9. The molecule has 2 aliphatic rings. The van der Waals surface area contributed by atoms with Crippen molar-refractivity contribution in [1.29, 1.82) is 0 Å². The molecular weight excluding hydrogens is 300 g/mol. The molecule has 2 aliphatic heterocycles. The van der Waals surface area contributed by atoms with Crippen molar-refractivity contribution in [2.24, 2.45) is 0 Å². The number of piperidine rings is 1. The minimum Gasteiger partial charge on any atom is -0.381 e. The van der Waals surface area contributed by atoms with Crippen molar-refractivity contribution in [1.82, 2.24) is 9.80 Å². The van der Waals surface area contributed by atoms with Gasteiger partial charge in [-0.2, -0.15) is 0 Å². The number of carbonyl (C=O) groups is 1. The number of nitrogens with zero attached hydrogens (tertiary/aromatic N) is 2. The molecule has 0 aromatic heterocycles. The first-order valence-electron chi connectivity index (χ1n) is 8.80. The van der Waals surface area contributed by atoms with Gasteiger partial charge >= 0.3 is 0 Å². The second-order valence-electron chi connectivity index (χ2n) is 6.86. The number of hydrogen-bond donors (Lipinski definition) is 0. The van der Waals surface area contributed by atoms with Crippen LogP contribution in [-0.4, -0.2) is 61.1 Å². The molecule has 2 aromatic carbocycles. The van der Waals surface area contributed by atoms with E-state index < -0.39 is 0 Å². The Balaban J connectivity index is 1.41. The monoisotopic (exact) mass is 324 g/mol. The van der Waals surface area contributed by atoms with Crippen LogP contribution in [0.1, 0.15) is 23.2 Å². The smallest absolute Gasteiger partial charge is 0.254 e. The molecule has 4 heteroatoms. The summed E-state index contributed by atoms with van der Waals surface area (Å²) in [6.45, 7) is 3.86. The van der Waals surface area contributed by atoms with E-state index in [1.54, 1.807) is 7.11 Å². The molecule has 0 N–H and O–H groups in total. The van der Waals surface area contributed by atoms with Gasteiger partial charge in [-0.1, -0.05) is 36.4 Å². The van der Waals surface area contributed by atoms with Gasteiger partial charge in [0.1, 0.15) is 0 Å². The maximum absolute atomic E-state index is 12.9. The zero-order valence-electron chi connectivity index (χ0n) is 14.1. The van der Waals surface area contributed by atoms with Crippen LogP contribution in [-0.2, 0) is 4.74 Å². The summed E-state index contributed by atoms with van der Waals surface area (Å²) in [6.07, 6.45) is 2.61. The van der Waals surface area contributed by atoms with Crippen molar-refractivity contribution >= 4 is 16.7 Å². The number of methoxy groups -OCH3 is 1. The summed E-state index contributed by atoms with van der Waals surface area (Å²) in [5.41, 5.74) is 0.824. The van der Waals surface area contributed by atoms with Gasteiger partial charge in [0.15, 0.2) is 0 Å². The molecule has 0 spiro atoms. The van der Waals surface area contributed by atoms with E-state index in [4.69, 9.17) is 4.74 Å². The number of ether oxygens (including phenoxy) is 1. The summed E-state index contributed by atoms with van der Waals surface area (Å²) in [5.74, 6) is 0.162. The molecule has 1 amide bonds. The topological polar surface area (TPSA) is 32.8 Å². The van der Waals surface area contributed by atoms with E-state index in [-0.39, 0.29) is 5.91 Å². The maximum Gasteiger partial charge on any atom is 0.254 e. The van der Waals surface area contributed by atoms with Crippen molar-refractivity contribution < 1.29 is 9.53 Å². The van der Waals surface area contributed by atoms with Crippen LogP contribution in [0.4, 0.5) is 0 Å². The van der Waals surface area contributed by atoms with Gasteiger partial charge in [-0.15, -0.1) is 0 Å². The highest BCUT2D eigenvalue weighted by Gasteiger charge is 2.36. The lowest BCUT2D eigenvalue weighted by Gasteiger charge is -2.47. The second kappa shape index (κ2) is 6.54. The number of amides is 1. The summed E-state index contributed by atoms with van der Waals surface area (Å²) in [7, 11) is 1.80. The Morgan fingerprint density at radius 3 is 2.50 bits per heavy atom. The van der Waals surface area contributed by atoms with Gasteiger partial charge in [0.2, 0.25) is 0 Å². The highest BCUT2D eigenvalue weighted by molar-refractivity contribution is 6.07. The molecule has 0 unspecified atom stereocenters. The number of benzene rings is 2. The lowest BCUT2D eigenvalue weighted by molar-refractivity contribution is -0.0119. The number of rotatable bonds is 3. The van der Waals surface area contributed by atoms with Crippen LogP contribution in [0.3, 0.4) is 0 Å². The fraction of sp³-hybridized carbons (Fsp3) is 0.450. The molecule has 2 saturated heterocycles. The predicted octanol–water partition coefficient (Wildman–Crippen LogP) is 2.78. The average Bonchev–Trinajstić information content (AvgIpc) is 2.60. The summed E-state index contributed by atoms with van der Waals surface area (Å²) >= 11 is 0. The molecule has 0 aliphatic carbocycles. The normalized spacial score (nSPS) is 20.3. The minimum absolute atomic E-state index is 0.162. The summed E-state index contributed by atoms with van der Waals surface area (Å²) < 4.78 is 5.44. The van der Waals surface area contributed by atoms with Gasteiger partial charge in [-0.05, 0) is 29.7 Å². The van der Waals surface area contributed by atoms with E-state index in [1.165, 1.54) is 0 Å². The summed E-state index contributed by atoms with van der Waals surface area (Å²) in [6, 6.07) is 14.6. The Labute approximate surface area is 143 Å². The van der Waals surface area contributed by atoms with E-state index in [9.17, 15) is 4.79 Å². The molecule has 0 bridgehead atoms. The predicted molar refractivity (Wildman–Crippen MR) is 95.2 cm³/mol. The third-order valence-corrected chi connectivity index (χ3v) is 5.50. The van der Waals surface area contributed by atoms with E-state index in [0.717, 1.165) is 55.4 Å². The Hall–Kier alpha value is -1.91. The van der Waals surface area contributed by atoms with Crippen molar-refractivity contribution in [3.8, 4) is 0 Å². The zero-order valence-corrected chi connectivity index (χ0v) is 14.1. The van der Waals surface area contributed by atoms with Gasteiger partial charge in [-0.25, -0.2) is 0 Å². The molecular formula is C20H24N2O2. The Bertz CT molecular complexity index is 726. The van der Waals surface area contributed by atoms with E-state index in [2.05, 4.69) is 17.0 Å². The van der Waals surface area contributed by atoms with Crippen molar-refractivity contribution in [2.45, 2.75) is 25.0 Å². The van der Waals surface area contributed by atoms with Crippen LogP contribution in [0.2, 0.25) is 0 Å². The van der Waals surface area contributed by atoms with E-state index >= 15 is 0 Å². The number of fused-ring (bicyclic) bond motifs is 1. The molecule has 2 fully saturated rings. The molecule has 0 atom stereocenters. The minimum atomic E-state index is 0.162. The fourth-order valence-corrected chi connectivity index (χ4v) is 3.91. The highest BCUT2D eigenvalue weighted by Crippen LogP contribution is 2.25. The molecule has 24 heavy (non-hydrogen) atoms. The SMILES string of the molecule is COC1CCN(C2CN(C(=O)c3cccc4ccccc34)C2)CC1. The Kier molecular flexibility index (Phi) is 4.25. The van der Waals surface area contributed by atoms with E-state index in [0.29, 0.717) is 12.1 Å². The Morgan fingerprint density at radius 2 is 1.75 bits per heavy atom. The van der Waals surface area contributed by atoms with Gasteiger partial charge in [-0.3, -0.25) is 9.69 Å². The van der Waals surface area contributed by atoms with Crippen LogP contribution in [0.25, 0.3) is 10.8 Å². The quantitative estimate of drug-likeness (QED) is 0.870. The van der Waals surface area contributed by atoms with Crippen LogP contribution in [0.15, 0.2) is 42.5 Å². The first-order chi connectivity index (χ1) is 11.8. The molecule has 0 saturated carbocycles. The largest absolute Gasteiger partial charge is 0.381 e. The molecule has 4 nitrogen and oxygen atoms in total. The third-order valence-electron chi connectivity index (χ3n) is 5.50. The molecule has 4 rings (SSSR count). The zero-order chi connectivity index (χ0) is 16.5. The standard InChI is InChI=1S/C20H24N2O2/c1-24-17-9-11-21(12-10-17)16-13-22(14-16)20(23)19-8-4-6-15-5-2-3-7-18(15)19/h2-8,16-17H,9-14H2,1H3. The number of hydrogen-bond acceptors (Lipinski definition) is 3. The van der Waals surface area contributed by atoms with Crippen molar-refractivity contribution in [2.75, 3.05) is 33.3 Å². The lowest BCUT2D eigenvalue weighted by Crippen LogP contribution is -2.62. The van der Waals surface area contributed by atoms with Gasteiger partial charge < -0.3 is 9.64 Å². The third kappa shape index (κ3) is 2.80.